The third-order valence-corrected chi connectivity index (χ3v) is 4.33. The average Bonchev–Trinajstić information content (AvgIpc) is 2.65. The first-order chi connectivity index (χ1) is 12.7. The van der Waals surface area contributed by atoms with Gasteiger partial charge in [0.25, 0.3) is 0 Å². The first-order valence-electron chi connectivity index (χ1n) is 8.84. The zero-order chi connectivity index (χ0) is 18.2. The summed E-state index contributed by atoms with van der Waals surface area (Å²) in [5.41, 5.74) is 1.48. The molecule has 0 radical (unpaired) electrons. The van der Waals surface area contributed by atoms with Crippen molar-refractivity contribution in [3.8, 4) is 0 Å². The third kappa shape index (κ3) is 5.51. The highest BCUT2D eigenvalue weighted by molar-refractivity contribution is 5.89. The van der Waals surface area contributed by atoms with Gasteiger partial charge in [0.1, 0.15) is 6.10 Å². The highest BCUT2D eigenvalue weighted by Gasteiger charge is 2.25. The van der Waals surface area contributed by atoms with Crippen molar-refractivity contribution in [1.29, 1.82) is 0 Å². The van der Waals surface area contributed by atoms with Crippen LogP contribution in [0.3, 0.4) is 0 Å². The molecule has 6 nitrogen and oxygen atoms in total. The number of anilines is 2. The average molecular weight is 353 g/mol. The lowest BCUT2D eigenvalue weighted by molar-refractivity contribution is 0.0801. The van der Waals surface area contributed by atoms with Crippen molar-refractivity contribution >= 4 is 23.5 Å². The van der Waals surface area contributed by atoms with Crippen LogP contribution in [-0.4, -0.2) is 24.3 Å². The molecule has 0 atom stereocenters. The van der Waals surface area contributed by atoms with E-state index in [0.29, 0.717) is 5.69 Å². The van der Waals surface area contributed by atoms with Crippen molar-refractivity contribution in [1.82, 2.24) is 5.32 Å². The summed E-state index contributed by atoms with van der Waals surface area (Å²) < 4.78 is 5.47. The quantitative estimate of drug-likeness (QED) is 0.764. The number of hydrogen-bond donors (Lipinski definition) is 3. The van der Waals surface area contributed by atoms with Crippen LogP contribution < -0.4 is 16.0 Å². The van der Waals surface area contributed by atoms with Crippen molar-refractivity contribution in [2.75, 3.05) is 10.6 Å². The first kappa shape index (κ1) is 17.8. The molecule has 1 aliphatic carbocycles. The second-order valence-electron chi connectivity index (χ2n) is 6.33. The van der Waals surface area contributed by atoms with E-state index >= 15 is 0 Å². The van der Waals surface area contributed by atoms with E-state index in [1.807, 2.05) is 60.7 Å². The van der Waals surface area contributed by atoms with Crippen LogP contribution in [0.1, 0.15) is 25.7 Å². The molecule has 3 amide bonds. The fraction of sp³-hybridized carbons (Fsp3) is 0.300. The summed E-state index contributed by atoms with van der Waals surface area (Å²) >= 11 is 0. The Morgan fingerprint density at radius 1 is 0.769 bits per heavy atom. The highest BCUT2D eigenvalue weighted by atomic mass is 16.6. The number of hydrogen-bond acceptors (Lipinski definition) is 3. The molecule has 0 spiro atoms. The molecule has 0 aromatic heterocycles. The number of benzene rings is 2. The smallest absolute Gasteiger partial charge is 0.411 e. The summed E-state index contributed by atoms with van der Waals surface area (Å²) in [6, 6.07) is 18.4. The molecule has 3 rings (SSSR count). The Bertz CT molecular complexity index is 650. The normalized spacial score (nSPS) is 19.2. The van der Waals surface area contributed by atoms with Crippen LogP contribution in [0.2, 0.25) is 0 Å². The lowest BCUT2D eigenvalue weighted by atomic mass is 9.93. The standard InChI is InChI=1S/C20H23N3O3/c24-19(21-15-7-3-1-4-8-15)22-17-11-13-18(14-12-17)26-20(25)23-16-9-5-2-6-10-16/h1-10,17-18H,11-14H2,(H,23,25)(H2,21,22,24). The van der Waals surface area contributed by atoms with Gasteiger partial charge in [-0.05, 0) is 49.9 Å². The van der Waals surface area contributed by atoms with Crippen molar-refractivity contribution in [2.45, 2.75) is 37.8 Å². The van der Waals surface area contributed by atoms with E-state index in [1.54, 1.807) is 0 Å². The summed E-state index contributed by atoms with van der Waals surface area (Å²) in [6.07, 6.45) is 2.48. The maximum Gasteiger partial charge on any atom is 0.411 e. The predicted molar refractivity (Wildman–Crippen MR) is 101 cm³/mol. The minimum Gasteiger partial charge on any atom is -0.446 e. The van der Waals surface area contributed by atoms with Gasteiger partial charge in [0, 0.05) is 17.4 Å². The van der Waals surface area contributed by atoms with E-state index in [4.69, 9.17) is 4.74 Å². The highest BCUT2D eigenvalue weighted by Crippen LogP contribution is 2.22. The molecule has 2 aromatic carbocycles. The topological polar surface area (TPSA) is 79.5 Å². The summed E-state index contributed by atoms with van der Waals surface area (Å²) in [7, 11) is 0. The Morgan fingerprint density at radius 2 is 1.31 bits per heavy atom. The lowest BCUT2D eigenvalue weighted by Crippen LogP contribution is -2.41. The largest absolute Gasteiger partial charge is 0.446 e. The SMILES string of the molecule is O=C(Nc1ccccc1)NC1CCC(OC(=O)Nc2ccccc2)CC1. The van der Waals surface area contributed by atoms with Crippen molar-refractivity contribution in [2.24, 2.45) is 0 Å². The molecule has 0 bridgehead atoms. The molecule has 26 heavy (non-hydrogen) atoms. The molecule has 1 fully saturated rings. The molecule has 0 unspecified atom stereocenters. The number of para-hydroxylation sites is 2. The van der Waals surface area contributed by atoms with Gasteiger partial charge in [0.05, 0.1) is 0 Å². The van der Waals surface area contributed by atoms with Crippen LogP contribution >= 0.6 is 0 Å². The number of carbonyl (C=O) groups is 2. The number of amides is 3. The van der Waals surface area contributed by atoms with Gasteiger partial charge >= 0.3 is 12.1 Å². The zero-order valence-electron chi connectivity index (χ0n) is 14.5. The van der Waals surface area contributed by atoms with Gasteiger partial charge in [-0.25, -0.2) is 9.59 Å². The minimum atomic E-state index is -0.436. The molecule has 136 valence electrons. The molecule has 1 saturated carbocycles. The first-order valence-corrected chi connectivity index (χ1v) is 8.84. The van der Waals surface area contributed by atoms with Crippen LogP contribution in [0.25, 0.3) is 0 Å². The molecule has 3 N–H and O–H groups in total. The van der Waals surface area contributed by atoms with Crippen LogP contribution in [0, 0.1) is 0 Å². The van der Waals surface area contributed by atoms with Gasteiger partial charge in [0.2, 0.25) is 0 Å². The van der Waals surface area contributed by atoms with E-state index in [2.05, 4.69) is 16.0 Å². The van der Waals surface area contributed by atoms with Gasteiger partial charge in [-0.1, -0.05) is 36.4 Å². The van der Waals surface area contributed by atoms with E-state index in [1.165, 1.54) is 0 Å². The summed E-state index contributed by atoms with van der Waals surface area (Å²) in [5.74, 6) is 0. The van der Waals surface area contributed by atoms with Gasteiger partial charge < -0.3 is 15.4 Å². The van der Waals surface area contributed by atoms with Crippen molar-refractivity contribution in [3.63, 3.8) is 0 Å². The van der Waals surface area contributed by atoms with Crippen molar-refractivity contribution in [3.05, 3.63) is 60.7 Å². The molecule has 0 heterocycles. The summed E-state index contributed by atoms with van der Waals surface area (Å²) in [4.78, 5) is 24.0. The number of rotatable bonds is 4. The monoisotopic (exact) mass is 353 g/mol. The Morgan fingerprint density at radius 3 is 1.88 bits per heavy atom. The Kier molecular flexibility index (Phi) is 6.09. The molecule has 2 aromatic rings. The number of carbonyl (C=O) groups excluding carboxylic acids is 2. The number of ether oxygens (including phenoxy) is 1. The Hall–Kier alpha value is -3.02. The fourth-order valence-corrected chi connectivity index (χ4v) is 3.02. The predicted octanol–water partition coefficient (Wildman–Crippen LogP) is 4.37. The summed E-state index contributed by atoms with van der Waals surface area (Å²) in [5, 5.41) is 8.51. The zero-order valence-corrected chi connectivity index (χ0v) is 14.5. The molecular formula is C20H23N3O3. The molecule has 0 aliphatic heterocycles. The van der Waals surface area contributed by atoms with Gasteiger partial charge in [0.15, 0.2) is 0 Å². The molecule has 6 heteroatoms. The molecular weight excluding hydrogens is 330 g/mol. The van der Waals surface area contributed by atoms with Crippen LogP contribution in [0.15, 0.2) is 60.7 Å². The van der Waals surface area contributed by atoms with Crippen LogP contribution in [-0.2, 0) is 4.74 Å². The van der Waals surface area contributed by atoms with E-state index < -0.39 is 6.09 Å². The Labute approximate surface area is 152 Å². The van der Waals surface area contributed by atoms with Crippen molar-refractivity contribution < 1.29 is 14.3 Å². The van der Waals surface area contributed by atoms with E-state index in [-0.39, 0.29) is 18.2 Å². The van der Waals surface area contributed by atoms with Crippen LogP contribution in [0.5, 0.6) is 0 Å². The van der Waals surface area contributed by atoms with Gasteiger partial charge in [-0.2, -0.15) is 0 Å². The maximum absolute atomic E-state index is 12.0. The number of nitrogens with one attached hydrogen (secondary N) is 3. The van der Waals surface area contributed by atoms with E-state index in [9.17, 15) is 9.59 Å². The Balaban J connectivity index is 1.37. The summed E-state index contributed by atoms with van der Waals surface area (Å²) in [6.45, 7) is 0. The second-order valence-corrected chi connectivity index (χ2v) is 6.33. The van der Waals surface area contributed by atoms with E-state index in [0.717, 1.165) is 31.4 Å². The van der Waals surface area contributed by atoms with Crippen LogP contribution in [0.4, 0.5) is 21.0 Å². The van der Waals surface area contributed by atoms with Gasteiger partial charge in [-0.3, -0.25) is 5.32 Å². The minimum absolute atomic E-state index is 0.0933. The fourth-order valence-electron chi connectivity index (χ4n) is 3.02. The maximum atomic E-state index is 12.0. The lowest BCUT2D eigenvalue weighted by Gasteiger charge is -2.28. The number of urea groups is 1. The molecule has 1 aliphatic rings. The third-order valence-electron chi connectivity index (χ3n) is 4.33. The van der Waals surface area contributed by atoms with Gasteiger partial charge in [-0.15, -0.1) is 0 Å². The second kappa shape index (κ2) is 8.89. The molecule has 0 saturated heterocycles.